The van der Waals surface area contributed by atoms with E-state index in [1.807, 2.05) is 0 Å². The highest BCUT2D eigenvalue weighted by Crippen LogP contribution is 2.43. The first-order valence-electron chi connectivity index (χ1n) is 8.39. The van der Waals surface area contributed by atoms with E-state index < -0.39 is 20.3 Å². The lowest BCUT2D eigenvalue weighted by atomic mass is 10.1. The Bertz CT molecular complexity index is 897. The van der Waals surface area contributed by atoms with Crippen LogP contribution in [0.1, 0.15) is 44.0 Å². The number of hydrogen-bond acceptors (Lipinski definition) is 5. The van der Waals surface area contributed by atoms with Crippen molar-refractivity contribution in [2.45, 2.75) is 43.9 Å². The Morgan fingerprint density at radius 3 is 2.58 bits per heavy atom. The van der Waals surface area contributed by atoms with Gasteiger partial charge in [0, 0.05) is 36.2 Å². The summed E-state index contributed by atoms with van der Waals surface area (Å²) < 4.78 is 27.0. The van der Waals surface area contributed by atoms with Crippen molar-refractivity contribution in [3.8, 4) is 11.5 Å². The van der Waals surface area contributed by atoms with Crippen LogP contribution in [-0.2, 0) is 10.0 Å². The quantitative estimate of drug-likeness (QED) is 0.704. The van der Waals surface area contributed by atoms with Crippen LogP contribution in [0.25, 0.3) is 11.5 Å². The number of aromatic amines is 1. The minimum Gasteiger partial charge on any atom is -0.350 e. The van der Waals surface area contributed by atoms with Crippen LogP contribution in [0, 0.1) is 0 Å². The largest absolute Gasteiger partial charge is 0.350 e. The summed E-state index contributed by atoms with van der Waals surface area (Å²) >= 11 is 0. The third-order valence-electron chi connectivity index (χ3n) is 4.15. The predicted molar refractivity (Wildman–Crippen MR) is 97.9 cm³/mol. The standard InChI is InChI=1S/C17H23N5O3S/c1-16(2,3)22-26(24,25)17(5-6-17)11-21-15(23)12-4-7-18-13(10-12)14-19-8-9-20-14/h4,7-10,22H,5-6,11H2,1-3H3,(H,19,20)(H,21,23). The molecule has 3 rings (SSSR count). The minimum atomic E-state index is -3.52. The number of pyridine rings is 1. The maximum Gasteiger partial charge on any atom is 0.251 e. The Morgan fingerprint density at radius 1 is 1.27 bits per heavy atom. The van der Waals surface area contributed by atoms with Crippen molar-refractivity contribution in [1.82, 2.24) is 25.0 Å². The van der Waals surface area contributed by atoms with Gasteiger partial charge in [0.1, 0.15) is 10.4 Å². The van der Waals surface area contributed by atoms with E-state index in [1.54, 1.807) is 45.3 Å². The van der Waals surface area contributed by atoms with Crippen LogP contribution < -0.4 is 10.0 Å². The number of rotatable bonds is 6. The summed E-state index contributed by atoms with van der Waals surface area (Å²) in [6.07, 6.45) is 5.87. The number of hydrogen-bond donors (Lipinski definition) is 3. The van der Waals surface area contributed by atoms with Crippen LogP contribution in [0.5, 0.6) is 0 Å². The third kappa shape index (κ3) is 3.94. The Balaban J connectivity index is 1.69. The van der Waals surface area contributed by atoms with Gasteiger partial charge >= 0.3 is 0 Å². The molecule has 0 aliphatic heterocycles. The molecular weight excluding hydrogens is 354 g/mol. The molecule has 0 aromatic carbocycles. The molecule has 3 N–H and O–H groups in total. The zero-order valence-corrected chi connectivity index (χ0v) is 15.9. The van der Waals surface area contributed by atoms with E-state index in [-0.39, 0.29) is 12.5 Å². The molecule has 0 radical (unpaired) electrons. The SMILES string of the molecule is CC(C)(C)NS(=O)(=O)C1(CNC(=O)c2ccnc(-c3ncc[nH]3)c2)CC1. The summed E-state index contributed by atoms with van der Waals surface area (Å²) in [5.74, 6) is 0.229. The number of sulfonamides is 1. The van der Waals surface area contributed by atoms with Gasteiger partial charge in [-0.3, -0.25) is 9.78 Å². The van der Waals surface area contributed by atoms with Crippen molar-refractivity contribution in [3.05, 3.63) is 36.3 Å². The number of nitrogens with zero attached hydrogens (tertiary/aromatic N) is 2. The molecular formula is C17H23N5O3S. The van der Waals surface area contributed by atoms with Crippen LogP contribution in [0.2, 0.25) is 0 Å². The number of aromatic nitrogens is 3. The molecule has 1 amide bonds. The highest BCUT2D eigenvalue weighted by Gasteiger charge is 2.55. The second-order valence-corrected chi connectivity index (χ2v) is 9.67. The molecule has 1 aliphatic rings. The molecule has 0 bridgehead atoms. The van der Waals surface area contributed by atoms with Crippen LogP contribution >= 0.6 is 0 Å². The Kier molecular flexibility index (Phi) is 4.61. The molecule has 2 heterocycles. The summed E-state index contributed by atoms with van der Waals surface area (Å²) in [5, 5.41) is 2.75. The highest BCUT2D eigenvalue weighted by molar-refractivity contribution is 7.91. The number of carbonyl (C=O) groups is 1. The van der Waals surface area contributed by atoms with E-state index in [9.17, 15) is 13.2 Å². The molecule has 0 atom stereocenters. The smallest absolute Gasteiger partial charge is 0.251 e. The zero-order chi connectivity index (χ0) is 19.0. The van der Waals surface area contributed by atoms with Crippen LogP contribution in [-0.4, -0.2) is 46.1 Å². The third-order valence-corrected chi connectivity index (χ3v) is 6.73. The minimum absolute atomic E-state index is 0.0790. The van der Waals surface area contributed by atoms with E-state index in [2.05, 4.69) is 25.0 Å². The summed E-state index contributed by atoms with van der Waals surface area (Å²) in [6.45, 7) is 5.47. The van der Waals surface area contributed by atoms with Crippen molar-refractivity contribution in [1.29, 1.82) is 0 Å². The number of H-pyrrole nitrogens is 1. The molecule has 8 nitrogen and oxygen atoms in total. The van der Waals surface area contributed by atoms with E-state index in [0.29, 0.717) is 29.9 Å². The van der Waals surface area contributed by atoms with Gasteiger partial charge in [-0.25, -0.2) is 18.1 Å². The van der Waals surface area contributed by atoms with E-state index in [4.69, 9.17) is 0 Å². The van der Waals surface area contributed by atoms with Gasteiger partial charge in [0.25, 0.3) is 5.91 Å². The van der Waals surface area contributed by atoms with E-state index in [0.717, 1.165) is 0 Å². The van der Waals surface area contributed by atoms with Gasteiger partial charge in [-0.15, -0.1) is 0 Å². The molecule has 1 fully saturated rings. The second kappa shape index (κ2) is 6.48. The monoisotopic (exact) mass is 377 g/mol. The summed E-state index contributed by atoms with van der Waals surface area (Å²) in [7, 11) is -3.52. The van der Waals surface area contributed by atoms with Gasteiger partial charge < -0.3 is 10.3 Å². The van der Waals surface area contributed by atoms with Crippen LogP contribution in [0.3, 0.4) is 0 Å². The van der Waals surface area contributed by atoms with Crippen LogP contribution in [0.4, 0.5) is 0 Å². The van der Waals surface area contributed by atoms with Gasteiger partial charge in [-0.2, -0.15) is 0 Å². The van der Waals surface area contributed by atoms with Crippen molar-refractivity contribution in [2.75, 3.05) is 6.54 Å². The number of carbonyl (C=O) groups excluding carboxylic acids is 1. The normalized spacial score (nSPS) is 16.3. The summed E-state index contributed by atoms with van der Waals surface area (Å²) in [6, 6.07) is 3.21. The fraction of sp³-hybridized carbons (Fsp3) is 0.471. The average Bonchev–Trinajstić information content (AvgIpc) is 3.16. The van der Waals surface area contributed by atoms with Crippen molar-refractivity contribution in [3.63, 3.8) is 0 Å². The van der Waals surface area contributed by atoms with Crippen LogP contribution in [0.15, 0.2) is 30.7 Å². The second-order valence-electron chi connectivity index (χ2n) is 7.59. The lowest BCUT2D eigenvalue weighted by Gasteiger charge is -2.25. The number of amides is 1. The predicted octanol–water partition coefficient (Wildman–Crippen LogP) is 1.45. The van der Waals surface area contributed by atoms with Gasteiger partial charge in [0.2, 0.25) is 10.0 Å². The molecule has 140 valence electrons. The molecule has 2 aromatic rings. The first-order chi connectivity index (χ1) is 12.1. The molecule has 0 unspecified atom stereocenters. The lowest BCUT2D eigenvalue weighted by Crippen LogP contribution is -2.50. The molecule has 0 saturated heterocycles. The van der Waals surface area contributed by atoms with E-state index >= 15 is 0 Å². The maximum absolute atomic E-state index is 12.6. The molecule has 1 saturated carbocycles. The van der Waals surface area contributed by atoms with Gasteiger partial charge in [0.05, 0.1) is 0 Å². The Hall–Kier alpha value is -2.26. The summed E-state index contributed by atoms with van der Waals surface area (Å²) in [4.78, 5) is 23.7. The maximum atomic E-state index is 12.6. The molecule has 26 heavy (non-hydrogen) atoms. The first-order valence-corrected chi connectivity index (χ1v) is 9.88. The molecule has 9 heteroatoms. The molecule has 1 aliphatic carbocycles. The zero-order valence-electron chi connectivity index (χ0n) is 15.0. The fourth-order valence-electron chi connectivity index (χ4n) is 2.64. The lowest BCUT2D eigenvalue weighted by molar-refractivity contribution is 0.0952. The first kappa shape index (κ1) is 18.5. The molecule has 0 spiro atoms. The van der Waals surface area contributed by atoms with Crippen molar-refractivity contribution in [2.24, 2.45) is 0 Å². The van der Waals surface area contributed by atoms with Crippen molar-refractivity contribution >= 4 is 15.9 Å². The summed E-state index contributed by atoms with van der Waals surface area (Å²) in [5.41, 5.74) is 0.399. The number of nitrogens with one attached hydrogen (secondary N) is 3. The highest BCUT2D eigenvalue weighted by atomic mass is 32.2. The van der Waals surface area contributed by atoms with E-state index in [1.165, 1.54) is 6.20 Å². The topological polar surface area (TPSA) is 117 Å². The number of imidazole rings is 1. The van der Waals surface area contributed by atoms with Gasteiger partial charge in [-0.05, 0) is 45.7 Å². The average molecular weight is 377 g/mol. The fourth-order valence-corrected chi connectivity index (χ4v) is 4.57. The molecule has 2 aromatic heterocycles. The van der Waals surface area contributed by atoms with Gasteiger partial charge in [0.15, 0.2) is 5.82 Å². The van der Waals surface area contributed by atoms with Gasteiger partial charge in [-0.1, -0.05) is 0 Å². The van der Waals surface area contributed by atoms with Crippen molar-refractivity contribution < 1.29 is 13.2 Å². The Morgan fingerprint density at radius 2 is 2.00 bits per heavy atom. The Labute approximate surface area is 152 Å².